The average molecular weight is 420 g/mol. The number of benzene rings is 2. The number of hydrogen-bond acceptors (Lipinski definition) is 6. The zero-order valence-corrected chi connectivity index (χ0v) is 16.5. The first-order chi connectivity index (χ1) is 14.5. The molecule has 1 aromatic heterocycles. The van der Waals surface area contributed by atoms with Crippen molar-refractivity contribution in [1.82, 2.24) is 4.90 Å². The van der Waals surface area contributed by atoms with E-state index in [0.29, 0.717) is 21.7 Å². The Bertz CT molecular complexity index is 1100. The molecule has 4 rings (SSSR count). The average Bonchev–Trinajstić information content (AvgIpc) is 3.38. The third-order valence-electron chi connectivity index (χ3n) is 4.53. The Balaban J connectivity index is 1.34. The smallest absolute Gasteiger partial charge is 0.338 e. The van der Waals surface area contributed by atoms with Crippen LogP contribution in [0.15, 0.2) is 66.0 Å². The second-order valence-corrected chi connectivity index (χ2v) is 7.40. The fraction of sp³-hybridized carbons (Fsp3) is 0.0909. The molecule has 7 nitrogen and oxygen atoms in total. The van der Waals surface area contributed by atoms with Crippen molar-refractivity contribution in [2.45, 2.75) is 0 Å². The summed E-state index contributed by atoms with van der Waals surface area (Å²) in [6.07, 6.45) is 0. The lowest BCUT2D eigenvalue weighted by Crippen LogP contribution is -2.33. The lowest BCUT2D eigenvalue weighted by Gasteiger charge is -2.14. The van der Waals surface area contributed by atoms with Gasteiger partial charge in [0, 0.05) is 5.69 Å². The van der Waals surface area contributed by atoms with Gasteiger partial charge in [-0.1, -0.05) is 24.3 Å². The van der Waals surface area contributed by atoms with Crippen LogP contribution >= 0.6 is 11.3 Å². The van der Waals surface area contributed by atoms with Crippen LogP contribution in [-0.2, 0) is 4.74 Å². The fourth-order valence-corrected chi connectivity index (χ4v) is 3.70. The quantitative estimate of drug-likeness (QED) is 0.487. The molecule has 0 saturated heterocycles. The number of imide groups is 1. The fourth-order valence-electron chi connectivity index (χ4n) is 3.08. The van der Waals surface area contributed by atoms with Crippen LogP contribution in [0, 0.1) is 0 Å². The summed E-state index contributed by atoms with van der Waals surface area (Å²) in [6.45, 7) is -0.164. The summed E-state index contributed by atoms with van der Waals surface area (Å²) in [5, 5.41) is 4.53. The van der Waals surface area contributed by atoms with E-state index in [0.717, 1.165) is 4.90 Å². The molecule has 1 N–H and O–H groups in total. The number of amides is 3. The summed E-state index contributed by atoms with van der Waals surface area (Å²) in [4.78, 5) is 50.8. The number of carbonyl (C=O) groups is 4. The Morgan fingerprint density at radius 3 is 2.33 bits per heavy atom. The maximum absolute atomic E-state index is 12.3. The van der Waals surface area contributed by atoms with Gasteiger partial charge in [0.05, 0.1) is 28.1 Å². The van der Waals surface area contributed by atoms with Crippen LogP contribution in [0.1, 0.15) is 40.7 Å². The molecular weight excluding hydrogens is 404 g/mol. The minimum absolute atomic E-state index is 0.0348. The number of fused-ring (bicyclic) bond motifs is 1. The Labute approximate surface area is 175 Å². The standard InChI is InChI=1S/C22H16N2O5S/c25-19(18-9-4-12-30-18)23-15-6-3-5-14(13-15)22(28)29-11-10-24-20(26)16-7-1-2-8-17(16)21(24)27/h1-9,12-13H,10-11H2,(H,23,25). The highest BCUT2D eigenvalue weighted by molar-refractivity contribution is 7.12. The molecule has 3 amide bonds. The third-order valence-corrected chi connectivity index (χ3v) is 5.40. The summed E-state index contributed by atoms with van der Waals surface area (Å²) in [5.41, 5.74) is 1.41. The number of thiophene rings is 1. The minimum Gasteiger partial charge on any atom is -0.460 e. The number of nitrogens with one attached hydrogen (secondary N) is 1. The largest absolute Gasteiger partial charge is 0.460 e. The van der Waals surface area contributed by atoms with Gasteiger partial charge in [-0.05, 0) is 41.8 Å². The zero-order chi connectivity index (χ0) is 21.1. The summed E-state index contributed by atoms with van der Waals surface area (Å²) in [6, 6.07) is 16.4. The lowest BCUT2D eigenvalue weighted by molar-refractivity contribution is 0.0420. The van der Waals surface area contributed by atoms with Crippen LogP contribution in [0.3, 0.4) is 0 Å². The molecular formula is C22H16N2O5S. The number of ether oxygens (including phenoxy) is 1. The normalized spacial score (nSPS) is 12.6. The Morgan fingerprint density at radius 1 is 0.933 bits per heavy atom. The first-order valence-electron chi connectivity index (χ1n) is 9.12. The topological polar surface area (TPSA) is 92.8 Å². The molecule has 0 fully saturated rings. The number of rotatable bonds is 6. The summed E-state index contributed by atoms with van der Waals surface area (Å²) < 4.78 is 5.22. The summed E-state index contributed by atoms with van der Waals surface area (Å²) >= 11 is 1.32. The second kappa shape index (κ2) is 8.30. The monoisotopic (exact) mass is 420 g/mol. The zero-order valence-electron chi connectivity index (χ0n) is 15.7. The Hall–Kier alpha value is -3.78. The minimum atomic E-state index is -0.612. The lowest BCUT2D eigenvalue weighted by atomic mass is 10.1. The Morgan fingerprint density at radius 2 is 1.67 bits per heavy atom. The highest BCUT2D eigenvalue weighted by Crippen LogP contribution is 2.22. The van der Waals surface area contributed by atoms with Gasteiger partial charge in [0.15, 0.2) is 0 Å². The summed E-state index contributed by atoms with van der Waals surface area (Å²) in [7, 11) is 0. The van der Waals surface area contributed by atoms with E-state index in [1.54, 1.807) is 60.0 Å². The third kappa shape index (κ3) is 3.85. The van der Waals surface area contributed by atoms with E-state index < -0.39 is 17.8 Å². The Kier molecular flexibility index (Phi) is 5.40. The van der Waals surface area contributed by atoms with Crippen molar-refractivity contribution in [2.75, 3.05) is 18.5 Å². The summed E-state index contributed by atoms with van der Waals surface area (Å²) in [5.74, 6) is -1.67. The van der Waals surface area contributed by atoms with Crippen molar-refractivity contribution in [3.63, 3.8) is 0 Å². The van der Waals surface area contributed by atoms with Gasteiger partial charge in [0.1, 0.15) is 6.61 Å². The molecule has 0 aliphatic carbocycles. The molecule has 0 radical (unpaired) electrons. The van der Waals surface area contributed by atoms with Crippen LogP contribution < -0.4 is 5.32 Å². The highest BCUT2D eigenvalue weighted by Gasteiger charge is 2.34. The maximum atomic E-state index is 12.3. The molecule has 2 heterocycles. The van der Waals surface area contributed by atoms with Gasteiger partial charge >= 0.3 is 5.97 Å². The van der Waals surface area contributed by atoms with E-state index in [1.807, 2.05) is 0 Å². The van der Waals surface area contributed by atoms with Gasteiger partial charge in [0.25, 0.3) is 17.7 Å². The first kappa shape index (κ1) is 19.5. The predicted molar refractivity (Wildman–Crippen MR) is 111 cm³/mol. The number of esters is 1. The van der Waals surface area contributed by atoms with E-state index in [4.69, 9.17) is 4.74 Å². The second-order valence-electron chi connectivity index (χ2n) is 6.46. The van der Waals surface area contributed by atoms with Crippen molar-refractivity contribution in [2.24, 2.45) is 0 Å². The number of hydrogen-bond donors (Lipinski definition) is 1. The van der Waals surface area contributed by atoms with Crippen LogP contribution in [-0.4, -0.2) is 41.7 Å². The molecule has 1 aliphatic rings. The van der Waals surface area contributed by atoms with Crippen molar-refractivity contribution < 1.29 is 23.9 Å². The molecule has 0 bridgehead atoms. The van der Waals surface area contributed by atoms with Gasteiger partial charge in [-0.3, -0.25) is 19.3 Å². The molecule has 3 aromatic rings. The van der Waals surface area contributed by atoms with E-state index in [9.17, 15) is 19.2 Å². The van der Waals surface area contributed by atoms with Gasteiger partial charge in [-0.15, -0.1) is 11.3 Å². The molecule has 0 atom stereocenters. The van der Waals surface area contributed by atoms with Gasteiger partial charge in [0.2, 0.25) is 0 Å². The highest BCUT2D eigenvalue weighted by atomic mass is 32.1. The molecule has 0 spiro atoms. The van der Waals surface area contributed by atoms with Crippen molar-refractivity contribution in [3.05, 3.63) is 87.6 Å². The van der Waals surface area contributed by atoms with Gasteiger partial charge in [-0.25, -0.2) is 4.79 Å². The van der Waals surface area contributed by atoms with Crippen LogP contribution in [0.4, 0.5) is 5.69 Å². The predicted octanol–water partition coefficient (Wildman–Crippen LogP) is 3.45. The molecule has 0 saturated carbocycles. The first-order valence-corrected chi connectivity index (χ1v) is 10.00. The van der Waals surface area contributed by atoms with E-state index in [2.05, 4.69) is 5.32 Å². The molecule has 30 heavy (non-hydrogen) atoms. The van der Waals surface area contributed by atoms with Crippen LogP contribution in [0.5, 0.6) is 0 Å². The van der Waals surface area contributed by atoms with Crippen molar-refractivity contribution in [1.29, 1.82) is 0 Å². The SMILES string of the molecule is O=C(OCCN1C(=O)c2ccccc2C1=O)c1cccc(NC(=O)c2cccs2)c1. The molecule has 0 unspecified atom stereocenters. The van der Waals surface area contributed by atoms with Gasteiger partial charge < -0.3 is 10.1 Å². The van der Waals surface area contributed by atoms with Crippen LogP contribution in [0.2, 0.25) is 0 Å². The number of carbonyl (C=O) groups excluding carboxylic acids is 4. The van der Waals surface area contributed by atoms with Crippen LogP contribution in [0.25, 0.3) is 0 Å². The molecule has 150 valence electrons. The van der Waals surface area contributed by atoms with E-state index in [1.165, 1.54) is 17.4 Å². The molecule has 1 aliphatic heterocycles. The maximum Gasteiger partial charge on any atom is 0.338 e. The van der Waals surface area contributed by atoms with E-state index in [-0.39, 0.29) is 24.6 Å². The molecule has 8 heteroatoms. The number of nitrogens with zero attached hydrogens (tertiary/aromatic N) is 1. The van der Waals surface area contributed by atoms with Gasteiger partial charge in [-0.2, -0.15) is 0 Å². The molecule has 2 aromatic carbocycles. The van der Waals surface area contributed by atoms with E-state index >= 15 is 0 Å². The van der Waals surface area contributed by atoms with Crippen molar-refractivity contribution >= 4 is 40.7 Å². The van der Waals surface area contributed by atoms with Crippen molar-refractivity contribution in [3.8, 4) is 0 Å². The number of anilines is 1.